The van der Waals surface area contributed by atoms with E-state index in [2.05, 4.69) is 4.98 Å². The van der Waals surface area contributed by atoms with Gasteiger partial charge in [0.15, 0.2) is 0 Å². The summed E-state index contributed by atoms with van der Waals surface area (Å²) >= 11 is 0. The summed E-state index contributed by atoms with van der Waals surface area (Å²) in [5.74, 6) is 1.23. The number of fused-ring (bicyclic) bond motifs is 4. The van der Waals surface area contributed by atoms with E-state index in [1.165, 1.54) is 6.07 Å². The summed E-state index contributed by atoms with van der Waals surface area (Å²) in [6.45, 7) is 7.89. The van der Waals surface area contributed by atoms with Gasteiger partial charge >= 0.3 is 0 Å². The number of hydrogen-bond donors (Lipinski definition) is 0. The maximum atomic E-state index is 9.35. The van der Waals surface area contributed by atoms with Crippen molar-refractivity contribution < 1.29 is 21.2 Å². The molecule has 2 aromatic heterocycles. The Labute approximate surface area is 369 Å². The summed E-state index contributed by atoms with van der Waals surface area (Å²) in [5, 5.41) is 1.80. The van der Waals surface area contributed by atoms with Crippen LogP contribution in [0.5, 0.6) is 11.5 Å². The zero-order valence-corrected chi connectivity index (χ0v) is 33.7. The minimum absolute atomic E-state index is 0.0447. The van der Waals surface area contributed by atoms with Crippen LogP contribution in [-0.4, -0.2) is 16.2 Å². The predicted molar refractivity (Wildman–Crippen MR) is 251 cm³/mol. The number of para-hydroxylation sites is 3. The van der Waals surface area contributed by atoms with E-state index in [9.17, 15) is 5.48 Å². The molecule has 0 spiro atoms. The lowest BCUT2D eigenvalue weighted by Gasteiger charge is -2.28. The normalized spacial score (nSPS) is 15.5. The Kier molecular flexibility index (Phi) is 6.63. The molecule has 294 valence electrons. The van der Waals surface area contributed by atoms with Crippen molar-refractivity contribution in [2.75, 3.05) is 16.5 Å². The van der Waals surface area contributed by atoms with Gasteiger partial charge in [-0.3, -0.25) is 4.57 Å². The molecule has 0 N–H and O–H groups in total. The number of aromatic nitrogens is 2. The Hall–Kier alpha value is -7.11. The lowest BCUT2D eigenvalue weighted by atomic mass is 9.88. The molecule has 10 rings (SSSR count). The highest BCUT2D eigenvalue weighted by Crippen LogP contribution is 2.51. The van der Waals surface area contributed by atoms with Gasteiger partial charge in [0.05, 0.1) is 44.5 Å². The fourth-order valence-electron chi connectivity index (χ4n) is 8.12. The summed E-state index contributed by atoms with van der Waals surface area (Å²) in [7, 11) is 0. The van der Waals surface area contributed by atoms with Crippen LogP contribution in [0.2, 0.25) is 0 Å². The second-order valence-electron chi connectivity index (χ2n) is 15.9. The minimum atomic E-state index is -0.598. The highest BCUT2D eigenvalue weighted by molar-refractivity contribution is 6.09. The largest absolute Gasteiger partial charge is 0.457 e. The Bertz CT molecular complexity index is 3690. The second kappa shape index (κ2) is 15.2. The van der Waals surface area contributed by atoms with Crippen molar-refractivity contribution in [2.24, 2.45) is 0 Å². The molecule has 0 atom stereocenters. The average Bonchev–Trinajstić information content (AvgIpc) is 3.89. The molecule has 0 radical (unpaired) electrons. The van der Waals surface area contributed by atoms with E-state index in [4.69, 9.17) is 15.7 Å². The van der Waals surface area contributed by atoms with E-state index in [0.29, 0.717) is 57.9 Å². The summed E-state index contributed by atoms with van der Waals surface area (Å²) in [5.41, 5.74) is 5.27. The van der Waals surface area contributed by atoms with Crippen LogP contribution >= 0.6 is 0 Å². The van der Waals surface area contributed by atoms with Gasteiger partial charge in [0, 0.05) is 45.9 Å². The third-order valence-corrected chi connectivity index (χ3v) is 10.9. The molecule has 0 fully saturated rings. The van der Waals surface area contributed by atoms with Gasteiger partial charge in [0.25, 0.3) is 0 Å². The predicted octanol–water partition coefficient (Wildman–Crippen LogP) is 14.8. The molecule has 7 aromatic carbocycles. The van der Waals surface area contributed by atoms with Gasteiger partial charge in [-0.25, -0.2) is 4.98 Å². The van der Waals surface area contributed by atoms with Gasteiger partial charge in [-0.05, 0) is 101 Å². The van der Waals surface area contributed by atoms with Crippen LogP contribution in [-0.2, 0) is 11.8 Å². The molecular weight excluding hydrogens is 733 g/mol. The molecule has 0 aliphatic carbocycles. The molecule has 0 bridgehead atoms. The molecule has 5 nitrogen and oxygen atoms in total. The molecule has 3 heterocycles. The topological polar surface area (TPSA) is 33.5 Å². The van der Waals surface area contributed by atoms with Crippen LogP contribution in [0, 0.1) is 0 Å². The average molecular weight is 793 g/mol. The van der Waals surface area contributed by atoms with E-state index in [1.807, 2.05) is 145 Å². The number of ether oxygens (including phenoxy) is 1. The first kappa shape index (κ1) is 26.1. The van der Waals surface area contributed by atoms with Crippen molar-refractivity contribution in [3.8, 4) is 39.6 Å². The maximum Gasteiger partial charge on any atom is 0.137 e. The van der Waals surface area contributed by atoms with Crippen LogP contribution in [0.4, 0.5) is 22.7 Å². The third-order valence-electron chi connectivity index (χ3n) is 10.9. The number of aryl methyl sites for hydroxylation is 1. The van der Waals surface area contributed by atoms with Gasteiger partial charge in [0.1, 0.15) is 24.0 Å². The van der Waals surface area contributed by atoms with Gasteiger partial charge in [-0.15, -0.1) is 0 Å². The molecule has 1 aliphatic rings. The minimum Gasteiger partial charge on any atom is -0.457 e. The summed E-state index contributed by atoms with van der Waals surface area (Å²) < 4.78 is 115. The van der Waals surface area contributed by atoms with Gasteiger partial charge in [-0.2, -0.15) is 0 Å². The molecule has 0 saturated heterocycles. The molecule has 0 unspecified atom stereocenters. The summed E-state index contributed by atoms with van der Waals surface area (Å²) in [6, 6.07) is 30.1. The third kappa shape index (κ3) is 6.76. The van der Waals surface area contributed by atoms with Crippen molar-refractivity contribution >= 4 is 44.6 Å². The second-order valence-corrected chi connectivity index (χ2v) is 15.9. The Morgan fingerprint density at radius 3 is 2.13 bits per heavy atom. The first-order valence-electron chi connectivity index (χ1n) is 26.1. The van der Waals surface area contributed by atoms with Gasteiger partial charge in [0.2, 0.25) is 0 Å². The number of anilines is 4. The van der Waals surface area contributed by atoms with Crippen molar-refractivity contribution in [3.63, 3.8) is 0 Å². The lowest BCUT2D eigenvalue weighted by Crippen LogP contribution is -2.25. The maximum absolute atomic E-state index is 9.35. The highest BCUT2D eigenvalue weighted by Gasteiger charge is 2.32. The zero-order chi connectivity index (χ0) is 51.2. The molecule has 60 heavy (non-hydrogen) atoms. The molecular formula is C55H48N4O. The number of rotatable bonds is 9. The number of nitrogens with zero attached hydrogens (tertiary/aromatic N) is 4. The van der Waals surface area contributed by atoms with E-state index in [1.54, 1.807) is 0 Å². The highest BCUT2D eigenvalue weighted by atomic mass is 16.5. The Balaban J connectivity index is 1.11. The van der Waals surface area contributed by atoms with E-state index >= 15 is 0 Å². The molecule has 0 saturated carbocycles. The summed E-state index contributed by atoms with van der Waals surface area (Å²) in [4.78, 5) is 8.52. The molecule has 1 aliphatic heterocycles. The quantitative estimate of drug-likeness (QED) is 0.146. The van der Waals surface area contributed by atoms with Crippen molar-refractivity contribution in [1.29, 1.82) is 0 Å². The Morgan fingerprint density at radius 2 is 1.35 bits per heavy atom. The number of hydrogen-bond acceptors (Lipinski definition) is 4. The zero-order valence-electron chi connectivity index (χ0n) is 45.7. The van der Waals surface area contributed by atoms with E-state index < -0.39 is 35.6 Å². The smallest absolute Gasteiger partial charge is 0.137 e. The van der Waals surface area contributed by atoms with Crippen LogP contribution < -0.4 is 14.5 Å². The van der Waals surface area contributed by atoms with E-state index in [0.717, 1.165) is 33.2 Å². The van der Waals surface area contributed by atoms with Crippen LogP contribution in [0.1, 0.15) is 61.7 Å². The van der Waals surface area contributed by atoms with Crippen molar-refractivity contribution in [3.05, 3.63) is 193 Å². The van der Waals surface area contributed by atoms with Crippen molar-refractivity contribution in [1.82, 2.24) is 9.55 Å². The van der Waals surface area contributed by atoms with Gasteiger partial charge < -0.3 is 14.5 Å². The fourth-order valence-corrected chi connectivity index (χ4v) is 8.12. The Morgan fingerprint density at radius 1 is 0.650 bits per heavy atom. The first-order valence-corrected chi connectivity index (χ1v) is 20.1. The number of benzene rings is 7. The molecule has 0 amide bonds. The summed E-state index contributed by atoms with van der Waals surface area (Å²) in [6.07, 6.45) is 1.01. The number of pyridine rings is 1. The molecule has 9 aromatic rings. The standard InChI is InChI=1S/C55H48N4O/c1-5-17-38-32-47(39-18-8-6-9-19-39)54(48(33-38)40-20-10-7-11-21-40)58-37-57(50-26-14-15-27-51(50)58)42-22-16-23-43(35-42)60-44-28-29-46-45-24-12-13-25-49(45)59(52(46)36-44)53-34-41(30-31-56-53)55(2,3)4/h6-16,18-36H,5,17,37H2,1-4H3/i6D,7D,8D,9D,10D,18D,19D,20D,21D,30D,31D,34D. The fraction of sp³-hybridized carbons (Fsp3) is 0.145. The van der Waals surface area contributed by atoms with Crippen molar-refractivity contribution in [2.45, 2.75) is 46.0 Å². The van der Waals surface area contributed by atoms with Crippen LogP contribution in [0.25, 0.3) is 49.9 Å². The molecule has 5 heteroatoms. The van der Waals surface area contributed by atoms with Crippen LogP contribution in [0.15, 0.2) is 182 Å². The van der Waals surface area contributed by atoms with Crippen LogP contribution in [0.3, 0.4) is 0 Å². The van der Waals surface area contributed by atoms with E-state index in [-0.39, 0.29) is 66.0 Å². The lowest BCUT2D eigenvalue weighted by molar-refractivity contribution is 0.483. The SMILES string of the molecule is [2H]c1cc([2H])c(-c2cc(CCC)cc(-c3c([2H])c([2H])c([2H])c([2H])c3[2H])c2N2CN(c3cccc(Oc4ccc5c6ccccc6n(-c6nc([2H])c([2H])c(C(C)(C)C)c6[2H])c5c4)c3)c3ccccc32)c([2H])c1[2H]. The first-order chi connectivity index (χ1) is 34.3. The monoisotopic (exact) mass is 792 g/mol. The van der Waals surface area contributed by atoms with Gasteiger partial charge in [-0.1, -0.05) is 131 Å².